The lowest BCUT2D eigenvalue weighted by Gasteiger charge is -2.28. The number of carboxylic acids is 1. The predicted molar refractivity (Wildman–Crippen MR) is 58.5 cm³/mol. The smallest absolute Gasteiger partial charge is 0.257 e. The summed E-state index contributed by atoms with van der Waals surface area (Å²) in [7, 11) is 0. The first kappa shape index (κ1) is 11.9. The Bertz CT molecular complexity index is 504. The van der Waals surface area contributed by atoms with E-state index in [9.17, 15) is 14.7 Å². The van der Waals surface area contributed by atoms with Gasteiger partial charge in [0.25, 0.3) is 5.56 Å². The quantitative estimate of drug-likeness (QED) is 0.773. The highest BCUT2D eigenvalue weighted by atomic mass is 16.5. The average molecular weight is 236 g/mol. The fraction of sp³-hybridized carbons (Fsp3) is 0.500. The normalized spacial score (nSPS) is 19.1. The summed E-state index contributed by atoms with van der Waals surface area (Å²) in [6, 6.07) is 1.35. The zero-order chi connectivity index (χ0) is 12.6. The van der Waals surface area contributed by atoms with E-state index in [1.165, 1.54) is 6.07 Å². The fourth-order valence-electron chi connectivity index (χ4n) is 1.96. The van der Waals surface area contributed by atoms with Crippen molar-refractivity contribution < 1.29 is 14.6 Å². The van der Waals surface area contributed by atoms with Gasteiger partial charge in [-0.3, -0.25) is 4.79 Å². The van der Waals surface area contributed by atoms with E-state index in [1.54, 1.807) is 0 Å². The van der Waals surface area contributed by atoms with Gasteiger partial charge in [0.2, 0.25) is 0 Å². The third-order valence-corrected chi connectivity index (χ3v) is 3.04. The SMILES string of the molecule is CC(C)[C@H]1Cc2[nH]c(=O)c(C(=O)[O-])cc2CO1. The lowest BCUT2D eigenvalue weighted by Crippen LogP contribution is -2.34. The highest BCUT2D eigenvalue weighted by molar-refractivity contribution is 5.85. The standard InChI is InChI=1S/C12H15NO4/c1-6(2)10-4-9-7(5-17-10)3-8(12(15)16)11(14)13-9/h3,6,10H,4-5H2,1-2H3,(H,13,14)(H,15,16)/p-1/t10-/m1/s1. The number of carboxylic acid groups (broad SMARTS) is 1. The summed E-state index contributed by atoms with van der Waals surface area (Å²) in [6.07, 6.45) is 0.669. The highest BCUT2D eigenvalue weighted by Crippen LogP contribution is 2.22. The maximum atomic E-state index is 11.5. The van der Waals surface area contributed by atoms with Gasteiger partial charge in [0, 0.05) is 12.1 Å². The molecule has 0 saturated carbocycles. The number of hydrogen-bond donors (Lipinski definition) is 1. The molecule has 0 aliphatic carbocycles. The van der Waals surface area contributed by atoms with Crippen molar-refractivity contribution in [2.45, 2.75) is 33.0 Å². The zero-order valence-electron chi connectivity index (χ0n) is 9.78. The van der Waals surface area contributed by atoms with Crippen LogP contribution in [-0.4, -0.2) is 17.1 Å². The summed E-state index contributed by atoms with van der Waals surface area (Å²) in [5.74, 6) is -1.10. The van der Waals surface area contributed by atoms with E-state index in [-0.39, 0.29) is 11.7 Å². The maximum absolute atomic E-state index is 11.5. The molecule has 0 unspecified atom stereocenters. The van der Waals surface area contributed by atoms with Crippen molar-refractivity contribution in [2.75, 3.05) is 0 Å². The number of pyridine rings is 1. The summed E-state index contributed by atoms with van der Waals surface area (Å²) in [5.41, 5.74) is 0.550. The highest BCUT2D eigenvalue weighted by Gasteiger charge is 2.23. The van der Waals surface area contributed by atoms with Crippen LogP contribution >= 0.6 is 0 Å². The summed E-state index contributed by atoms with van der Waals surface area (Å²) in [6.45, 7) is 4.42. The Morgan fingerprint density at radius 3 is 2.88 bits per heavy atom. The topological polar surface area (TPSA) is 82.2 Å². The van der Waals surface area contributed by atoms with Crippen molar-refractivity contribution in [1.82, 2.24) is 4.98 Å². The average Bonchev–Trinajstić information content (AvgIpc) is 2.26. The molecular formula is C12H14NO4-. The number of aromatic nitrogens is 1. The number of H-pyrrole nitrogens is 1. The van der Waals surface area contributed by atoms with E-state index in [0.29, 0.717) is 18.9 Å². The molecule has 2 heterocycles. The van der Waals surface area contributed by atoms with Crippen LogP contribution in [0.2, 0.25) is 0 Å². The van der Waals surface area contributed by atoms with Crippen molar-refractivity contribution in [3.05, 3.63) is 33.2 Å². The van der Waals surface area contributed by atoms with E-state index in [0.717, 1.165) is 11.3 Å². The molecule has 0 amide bonds. The molecule has 1 aromatic rings. The molecule has 1 aliphatic heterocycles. The van der Waals surface area contributed by atoms with Crippen LogP contribution in [0.15, 0.2) is 10.9 Å². The van der Waals surface area contributed by atoms with Gasteiger partial charge in [-0.2, -0.15) is 0 Å². The first-order chi connectivity index (χ1) is 7.99. The van der Waals surface area contributed by atoms with Gasteiger partial charge in [-0.25, -0.2) is 0 Å². The Balaban J connectivity index is 2.39. The Morgan fingerprint density at radius 2 is 2.29 bits per heavy atom. The summed E-state index contributed by atoms with van der Waals surface area (Å²) >= 11 is 0. The van der Waals surface area contributed by atoms with Crippen LogP contribution in [0.1, 0.15) is 35.5 Å². The van der Waals surface area contributed by atoms with Crippen molar-refractivity contribution in [2.24, 2.45) is 5.92 Å². The Hall–Kier alpha value is -1.62. The van der Waals surface area contributed by atoms with Gasteiger partial charge in [-0.05, 0) is 17.5 Å². The monoisotopic (exact) mass is 236 g/mol. The summed E-state index contributed by atoms with van der Waals surface area (Å²) in [5, 5.41) is 10.7. The van der Waals surface area contributed by atoms with Crippen LogP contribution in [0, 0.1) is 5.92 Å². The van der Waals surface area contributed by atoms with Crippen molar-refractivity contribution in [3.8, 4) is 0 Å². The third-order valence-electron chi connectivity index (χ3n) is 3.04. The van der Waals surface area contributed by atoms with Crippen LogP contribution < -0.4 is 10.7 Å². The molecule has 5 nitrogen and oxygen atoms in total. The first-order valence-electron chi connectivity index (χ1n) is 5.57. The minimum Gasteiger partial charge on any atom is -0.545 e. The van der Waals surface area contributed by atoms with Crippen molar-refractivity contribution in [1.29, 1.82) is 0 Å². The van der Waals surface area contributed by atoms with Gasteiger partial charge in [-0.15, -0.1) is 0 Å². The molecule has 2 rings (SSSR count). The maximum Gasteiger partial charge on any atom is 0.257 e. The minimum atomic E-state index is -1.46. The molecule has 92 valence electrons. The third kappa shape index (κ3) is 2.24. The molecule has 0 aromatic carbocycles. The van der Waals surface area contributed by atoms with Gasteiger partial charge in [0.05, 0.1) is 24.2 Å². The van der Waals surface area contributed by atoms with E-state index in [2.05, 4.69) is 4.98 Å². The molecule has 0 bridgehead atoms. The molecular weight excluding hydrogens is 222 g/mol. The van der Waals surface area contributed by atoms with Crippen molar-refractivity contribution in [3.63, 3.8) is 0 Å². The number of aromatic carboxylic acids is 1. The van der Waals surface area contributed by atoms with Gasteiger partial charge in [-0.1, -0.05) is 13.8 Å². The Labute approximate surface area is 98.4 Å². The number of ether oxygens (including phenoxy) is 1. The zero-order valence-corrected chi connectivity index (χ0v) is 9.78. The van der Waals surface area contributed by atoms with E-state index in [4.69, 9.17) is 4.74 Å². The van der Waals surface area contributed by atoms with Crippen molar-refractivity contribution >= 4 is 5.97 Å². The predicted octanol–water partition coefficient (Wildman–Crippen LogP) is -0.164. The molecule has 1 atom stereocenters. The lowest BCUT2D eigenvalue weighted by atomic mass is 9.96. The molecule has 17 heavy (non-hydrogen) atoms. The van der Waals surface area contributed by atoms with E-state index in [1.807, 2.05) is 13.8 Å². The lowest BCUT2D eigenvalue weighted by molar-refractivity contribution is -0.255. The second-order valence-corrected chi connectivity index (χ2v) is 4.60. The summed E-state index contributed by atoms with van der Waals surface area (Å²) in [4.78, 5) is 24.8. The van der Waals surface area contributed by atoms with Gasteiger partial charge in [0.15, 0.2) is 0 Å². The van der Waals surface area contributed by atoms with Gasteiger partial charge >= 0.3 is 0 Å². The molecule has 1 N–H and O–H groups in total. The molecule has 1 aromatic heterocycles. The fourth-order valence-corrected chi connectivity index (χ4v) is 1.96. The van der Waals surface area contributed by atoms with Crippen LogP contribution in [0.3, 0.4) is 0 Å². The molecule has 0 saturated heterocycles. The van der Waals surface area contributed by atoms with Gasteiger partial charge in [0.1, 0.15) is 0 Å². The molecule has 0 fully saturated rings. The molecule has 0 spiro atoms. The number of carbonyl (C=O) groups excluding carboxylic acids is 1. The first-order valence-corrected chi connectivity index (χ1v) is 5.57. The number of hydrogen-bond acceptors (Lipinski definition) is 4. The van der Waals surface area contributed by atoms with Crippen LogP contribution in [-0.2, 0) is 17.8 Å². The Morgan fingerprint density at radius 1 is 1.59 bits per heavy atom. The van der Waals surface area contributed by atoms with Crippen LogP contribution in [0.25, 0.3) is 0 Å². The number of carbonyl (C=O) groups is 1. The van der Waals surface area contributed by atoms with Crippen LogP contribution in [0.5, 0.6) is 0 Å². The molecule has 5 heteroatoms. The Kier molecular flexibility index (Phi) is 3.02. The molecule has 0 radical (unpaired) electrons. The largest absolute Gasteiger partial charge is 0.545 e. The van der Waals surface area contributed by atoms with E-state index >= 15 is 0 Å². The summed E-state index contributed by atoms with van der Waals surface area (Å²) < 4.78 is 5.61. The number of fused-ring (bicyclic) bond motifs is 1. The molecule has 1 aliphatic rings. The van der Waals surface area contributed by atoms with E-state index < -0.39 is 11.5 Å². The van der Waals surface area contributed by atoms with Crippen LogP contribution in [0.4, 0.5) is 0 Å². The number of nitrogens with one attached hydrogen (secondary N) is 1. The minimum absolute atomic E-state index is 0.0620. The number of aromatic amines is 1. The van der Waals surface area contributed by atoms with Gasteiger partial charge < -0.3 is 19.6 Å². The number of rotatable bonds is 2. The second-order valence-electron chi connectivity index (χ2n) is 4.60. The second kappa shape index (κ2) is 4.33.